The van der Waals surface area contributed by atoms with Crippen LogP contribution in [0.15, 0.2) is 42.0 Å². The van der Waals surface area contributed by atoms with Crippen molar-refractivity contribution < 1.29 is 33.6 Å². The predicted molar refractivity (Wildman–Crippen MR) is 127 cm³/mol. The van der Waals surface area contributed by atoms with Crippen LogP contribution in [0.5, 0.6) is 23.0 Å². The summed E-state index contributed by atoms with van der Waals surface area (Å²) in [7, 11) is 3.07. The highest BCUT2D eigenvalue weighted by atomic mass is 16.7. The number of hydrogen-bond acceptors (Lipinski definition) is 8. The second-order valence-electron chi connectivity index (χ2n) is 8.72. The number of amides is 1. The first kappa shape index (κ1) is 23.0. The number of benzene rings is 2. The average Bonchev–Trinajstić information content (AvgIpc) is 3.62. The van der Waals surface area contributed by atoms with Gasteiger partial charge in [0.1, 0.15) is 17.3 Å². The van der Waals surface area contributed by atoms with E-state index in [9.17, 15) is 14.7 Å². The highest BCUT2D eigenvalue weighted by Crippen LogP contribution is 2.44. The zero-order valence-electron chi connectivity index (χ0n) is 19.8. The van der Waals surface area contributed by atoms with Gasteiger partial charge in [0, 0.05) is 24.2 Å². The van der Waals surface area contributed by atoms with Gasteiger partial charge in [-0.2, -0.15) is 0 Å². The van der Waals surface area contributed by atoms with Gasteiger partial charge < -0.3 is 33.9 Å². The average molecular weight is 481 g/mol. The Morgan fingerprint density at radius 2 is 1.77 bits per heavy atom. The quantitative estimate of drug-likeness (QED) is 0.367. The number of hydrogen-bond donors (Lipinski definition) is 1. The number of ether oxygens (including phenoxy) is 4. The maximum absolute atomic E-state index is 13.3. The largest absolute Gasteiger partial charge is 0.507 e. The highest BCUT2D eigenvalue weighted by molar-refractivity contribution is 6.46. The van der Waals surface area contributed by atoms with Crippen LogP contribution in [0.4, 0.5) is 0 Å². The van der Waals surface area contributed by atoms with E-state index >= 15 is 0 Å². The first-order valence-corrected chi connectivity index (χ1v) is 11.6. The lowest BCUT2D eigenvalue weighted by Gasteiger charge is -2.28. The molecule has 1 N–H and O–H groups in total. The van der Waals surface area contributed by atoms with Crippen molar-refractivity contribution in [3.63, 3.8) is 0 Å². The van der Waals surface area contributed by atoms with Crippen molar-refractivity contribution >= 4 is 17.4 Å². The summed E-state index contributed by atoms with van der Waals surface area (Å²) in [6.45, 7) is 3.00. The zero-order valence-corrected chi connectivity index (χ0v) is 19.8. The van der Waals surface area contributed by atoms with E-state index in [1.54, 1.807) is 43.5 Å². The van der Waals surface area contributed by atoms with Gasteiger partial charge in [0.05, 0.1) is 25.8 Å². The molecule has 0 spiro atoms. The minimum absolute atomic E-state index is 0.00170. The lowest BCUT2D eigenvalue weighted by atomic mass is 9.94. The van der Waals surface area contributed by atoms with Crippen LogP contribution in [-0.2, 0) is 9.59 Å². The maximum Gasteiger partial charge on any atom is 0.295 e. The summed E-state index contributed by atoms with van der Waals surface area (Å²) in [5, 5.41) is 11.4. The molecule has 0 bridgehead atoms. The minimum Gasteiger partial charge on any atom is -0.507 e. The Balaban J connectivity index is 1.62. The molecule has 0 aliphatic carbocycles. The Morgan fingerprint density at radius 3 is 2.51 bits per heavy atom. The summed E-state index contributed by atoms with van der Waals surface area (Å²) in [6, 6.07) is 9.29. The molecule has 35 heavy (non-hydrogen) atoms. The summed E-state index contributed by atoms with van der Waals surface area (Å²) in [4.78, 5) is 30.4. The Bertz CT molecular complexity index is 1190. The Morgan fingerprint density at radius 1 is 1.00 bits per heavy atom. The number of rotatable bonds is 7. The number of fused-ring (bicyclic) bond motifs is 1. The fourth-order valence-electron chi connectivity index (χ4n) is 4.94. The van der Waals surface area contributed by atoms with E-state index in [1.807, 2.05) is 0 Å². The molecule has 0 aromatic heterocycles. The van der Waals surface area contributed by atoms with Gasteiger partial charge in [-0.15, -0.1) is 0 Å². The molecule has 3 heterocycles. The van der Waals surface area contributed by atoms with Crippen molar-refractivity contribution in [1.82, 2.24) is 9.80 Å². The molecule has 1 amide bonds. The number of aliphatic hydroxyl groups is 1. The number of nitrogens with zero attached hydrogens (tertiary/aromatic N) is 2. The summed E-state index contributed by atoms with van der Waals surface area (Å²) in [6.07, 6.45) is 2.24. The third-order valence-corrected chi connectivity index (χ3v) is 6.77. The van der Waals surface area contributed by atoms with Crippen molar-refractivity contribution in [2.45, 2.75) is 18.9 Å². The summed E-state index contributed by atoms with van der Waals surface area (Å²) in [5.41, 5.74) is 0.926. The van der Waals surface area contributed by atoms with E-state index in [0.717, 1.165) is 25.9 Å². The van der Waals surface area contributed by atoms with E-state index in [4.69, 9.17) is 18.9 Å². The molecule has 184 valence electrons. The fourth-order valence-corrected chi connectivity index (χ4v) is 4.94. The lowest BCUT2D eigenvalue weighted by Crippen LogP contribution is -2.37. The summed E-state index contributed by atoms with van der Waals surface area (Å²) < 4.78 is 21.8. The molecule has 1 unspecified atom stereocenters. The molecular weight excluding hydrogens is 452 g/mol. The molecule has 0 radical (unpaired) electrons. The third-order valence-electron chi connectivity index (χ3n) is 6.77. The molecule has 2 aromatic carbocycles. The van der Waals surface area contributed by atoms with Crippen molar-refractivity contribution in [3.05, 3.63) is 53.1 Å². The van der Waals surface area contributed by atoms with Crippen LogP contribution in [0.3, 0.4) is 0 Å². The first-order chi connectivity index (χ1) is 17.0. The molecule has 9 heteroatoms. The van der Waals surface area contributed by atoms with E-state index < -0.39 is 17.7 Å². The van der Waals surface area contributed by atoms with E-state index in [1.165, 1.54) is 12.0 Å². The standard InChI is InChI=1S/C26H28N2O7/c1-32-17-6-8-19(33-2)18(14-17)23-22(24(29)16-5-7-20-21(13-16)35-15-34-20)25(30)26(31)28(23)12-11-27-9-3-4-10-27/h5-8,13-14,23,29H,3-4,9-12,15H2,1-2H3/b24-22+. The molecule has 9 nitrogen and oxygen atoms in total. The Labute approximate surface area is 203 Å². The monoisotopic (exact) mass is 480 g/mol. The molecule has 2 aromatic rings. The minimum atomic E-state index is -0.840. The Kier molecular flexibility index (Phi) is 6.25. The Hall–Kier alpha value is -3.72. The summed E-state index contributed by atoms with van der Waals surface area (Å²) >= 11 is 0. The topological polar surface area (TPSA) is 97.8 Å². The molecule has 3 aliphatic rings. The fraction of sp³-hybridized carbons (Fsp3) is 0.385. The predicted octanol–water partition coefficient (Wildman–Crippen LogP) is 2.95. The second kappa shape index (κ2) is 9.50. The van der Waals surface area contributed by atoms with Crippen LogP contribution >= 0.6 is 0 Å². The van der Waals surface area contributed by atoms with E-state index in [0.29, 0.717) is 47.2 Å². The number of ketones is 1. The molecule has 1 atom stereocenters. The van der Waals surface area contributed by atoms with Crippen LogP contribution in [0.1, 0.15) is 30.0 Å². The van der Waals surface area contributed by atoms with Gasteiger partial charge in [-0.1, -0.05) is 0 Å². The molecule has 2 saturated heterocycles. The second-order valence-corrected chi connectivity index (χ2v) is 8.72. The van der Waals surface area contributed by atoms with Crippen LogP contribution in [-0.4, -0.2) is 73.8 Å². The third kappa shape index (κ3) is 4.16. The summed E-state index contributed by atoms with van der Waals surface area (Å²) in [5.74, 6) is 0.388. The van der Waals surface area contributed by atoms with Crippen molar-refractivity contribution in [3.8, 4) is 23.0 Å². The van der Waals surface area contributed by atoms with E-state index in [2.05, 4.69) is 4.90 Å². The van der Waals surface area contributed by atoms with Crippen LogP contribution in [0.2, 0.25) is 0 Å². The van der Waals surface area contributed by atoms with Gasteiger partial charge in [-0.05, 0) is 62.3 Å². The molecule has 2 fully saturated rings. The van der Waals surface area contributed by atoms with Gasteiger partial charge in [0.2, 0.25) is 6.79 Å². The molecular formula is C26H28N2O7. The molecule has 3 aliphatic heterocycles. The van der Waals surface area contributed by atoms with Crippen molar-refractivity contribution in [2.24, 2.45) is 0 Å². The maximum atomic E-state index is 13.3. The lowest BCUT2D eigenvalue weighted by molar-refractivity contribution is -0.140. The number of carbonyl (C=O) groups is 2. The van der Waals surface area contributed by atoms with E-state index in [-0.39, 0.29) is 18.1 Å². The normalized spacial score (nSPS) is 21.1. The van der Waals surface area contributed by atoms with Crippen molar-refractivity contribution in [2.75, 3.05) is 47.2 Å². The van der Waals surface area contributed by atoms with Gasteiger partial charge >= 0.3 is 0 Å². The van der Waals surface area contributed by atoms with Crippen LogP contribution < -0.4 is 18.9 Å². The number of aliphatic hydroxyl groups excluding tert-OH is 1. The molecule has 5 rings (SSSR count). The first-order valence-electron chi connectivity index (χ1n) is 11.6. The zero-order chi connectivity index (χ0) is 24.5. The van der Waals surface area contributed by atoms with Gasteiger partial charge in [0.15, 0.2) is 11.5 Å². The highest BCUT2D eigenvalue weighted by Gasteiger charge is 2.47. The van der Waals surface area contributed by atoms with Gasteiger partial charge in [0.25, 0.3) is 11.7 Å². The number of methoxy groups -OCH3 is 2. The van der Waals surface area contributed by atoms with Gasteiger partial charge in [-0.25, -0.2) is 0 Å². The van der Waals surface area contributed by atoms with Gasteiger partial charge in [-0.3, -0.25) is 9.59 Å². The van der Waals surface area contributed by atoms with Crippen molar-refractivity contribution in [1.29, 1.82) is 0 Å². The number of Topliss-reactive ketones (excluding diaryl/α,β-unsaturated/α-hetero) is 1. The smallest absolute Gasteiger partial charge is 0.295 e. The van der Waals surface area contributed by atoms with Crippen LogP contribution in [0.25, 0.3) is 5.76 Å². The molecule has 0 saturated carbocycles. The number of carbonyl (C=O) groups excluding carboxylic acids is 2. The number of likely N-dealkylation sites (tertiary alicyclic amines) is 2. The van der Waals surface area contributed by atoms with Crippen LogP contribution in [0, 0.1) is 0 Å². The SMILES string of the molecule is COc1ccc(OC)c(C2/C(=C(\O)c3ccc4c(c3)OCO4)C(=O)C(=O)N2CCN2CCCC2)c1.